The summed E-state index contributed by atoms with van der Waals surface area (Å²) in [6.07, 6.45) is 11.3. The average molecular weight is 355 g/mol. The third-order valence-corrected chi connectivity index (χ3v) is 4.10. The molecule has 138 valence electrons. The van der Waals surface area contributed by atoms with Gasteiger partial charge in [0.15, 0.2) is 11.3 Å². The van der Waals surface area contributed by atoms with Crippen LogP contribution < -0.4 is 11.1 Å². The Kier molecular flexibility index (Phi) is 13.6. The van der Waals surface area contributed by atoms with Gasteiger partial charge in [-0.3, -0.25) is 0 Å². The summed E-state index contributed by atoms with van der Waals surface area (Å²) < 4.78 is 39.9. The van der Waals surface area contributed by atoms with Crippen molar-refractivity contribution in [3.8, 4) is 0 Å². The molecule has 0 rings (SSSR count). The van der Waals surface area contributed by atoms with Gasteiger partial charge in [0.05, 0.1) is 0 Å². The maximum Gasteiger partial charge on any atom is 0.355 e. The summed E-state index contributed by atoms with van der Waals surface area (Å²) in [4.78, 5) is 0. The first-order valence-corrected chi connectivity index (χ1v) is 9.40. The number of thiocarbonyl (C=S) groups is 1. The molecule has 0 radical (unpaired) electrons. The minimum absolute atomic E-state index is 0.167. The third-order valence-electron chi connectivity index (χ3n) is 3.99. The van der Waals surface area contributed by atoms with Crippen LogP contribution in [0.4, 0.5) is 13.2 Å². The second-order valence-corrected chi connectivity index (χ2v) is 6.70. The van der Waals surface area contributed by atoms with Gasteiger partial charge in [-0.05, 0) is 18.6 Å². The van der Waals surface area contributed by atoms with Crippen molar-refractivity contribution in [1.82, 2.24) is 5.32 Å². The van der Waals surface area contributed by atoms with Gasteiger partial charge in [0.2, 0.25) is 0 Å². The molecule has 0 aromatic heterocycles. The highest BCUT2D eigenvalue weighted by Gasteiger charge is 2.39. The van der Waals surface area contributed by atoms with Crippen LogP contribution in [-0.4, -0.2) is 17.3 Å². The van der Waals surface area contributed by atoms with Gasteiger partial charge in [-0.1, -0.05) is 84.0 Å². The summed E-state index contributed by atoms with van der Waals surface area (Å²) in [6.45, 7) is 2.22. The number of nitrogens with two attached hydrogens (primary N) is 1. The second-order valence-electron chi connectivity index (χ2n) is 6.26. The van der Waals surface area contributed by atoms with Gasteiger partial charge >= 0.3 is 6.05 Å². The van der Waals surface area contributed by atoms with E-state index in [-0.39, 0.29) is 6.42 Å². The molecule has 0 heterocycles. The van der Waals surface area contributed by atoms with E-state index in [0.717, 1.165) is 19.3 Å². The third kappa shape index (κ3) is 13.6. The topological polar surface area (TPSA) is 38.0 Å². The predicted octanol–water partition coefficient (Wildman–Crippen LogP) is 5.84. The van der Waals surface area contributed by atoms with Crippen LogP contribution in [0, 0.1) is 0 Å². The van der Waals surface area contributed by atoms with Crippen molar-refractivity contribution in [1.29, 1.82) is 0 Å². The number of nitrogens with one attached hydrogen (secondary N) is 1. The largest absolute Gasteiger partial charge is 0.376 e. The lowest BCUT2D eigenvalue weighted by Gasteiger charge is -2.21. The average Bonchev–Trinajstić information content (AvgIpc) is 2.46. The van der Waals surface area contributed by atoms with Crippen molar-refractivity contribution in [2.45, 2.75) is 103 Å². The Morgan fingerprint density at radius 1 is 0.913 bits per heavy atom. The molecule has 0 amide bonds. The van der Waals surface area contributed by atoms with Gasteiger partial charge in [-0.25, -0.2) is 4.39 Å². The van der Waals surface area contributed by atoms with E-state index in [2.05, 4.69) is 19.1 Å². The van der Waals surface area contributed by atoms with Crippen LogP contribution in [0.15, 0.2) is 0 Å². The van der Waals surface area contributed by atoms with Gasteiger partial charge in [0.1, 0.15) is 0 Å². The van der Waals surface area contributed by atoms with Crippen molar-refractivity contribution >= 4 is 17.3 Å². The van der Waals surface area contributed by atoms with Crippen molar-refractivity contribution in [2.24, 2.45) is 5.73 Å². The molecule has 0 saturated carbocycles. The molecule has 0 bridgehead atoms. The maximum atomic E-state index is 13.4. The first kappa shape index (κ1) is 22.5. The first-order valence-electron chi connectivity index (χ1n) is 8.99. The number of alkyl halides is 3. The number of unbranched alkanes of at least 4 members (excludes halogenated alkanes) is 11. The Hall–Kier alpha value is -0.520. The summed E-state index contributed by atoms with van der Waals surface area (Å²) in [7, 11) is 0. The zero-order valence-electron chi connectivity index (χ0n) is 14.4. The highest BCUT2D eigenvalue weighted by molar-refractivity contribution is 7.80. The molecule has 0 aliphatic carbocycles. The van der Waals surface area contributed by atoms with Crippen LogP contribution in [0.2, 0.25) is 0 Å². The molecule has 3 N–H and O–H groups in total. The van der Waals surface area contributed by atoms with E-state index in [4.69, 9.17) is 5.73 Å². The molecular weight excluding hydrogens is 321 g/mol. The summed E-state index contributed by atoms with van der Waals surface area (Å²) >= 11 is 4.32. The predicted molar refractivity (Wildman–Crippen MR) is 95.5 cm³/mol. The van der Waals surface area contributed by atoms with E-state index in [0.29, 0.717) is 6.42 Å². The highest BCUT2D eigenvalue weighted by atomic mass is 32.1. The van der Waals surface area contributed by atoms with E-state index < -0.39 is 17.3 Å². The molecule has 0 aromatic carbocycles. The SMILES string of the molecule is CCCCCCCCCCCCCCC(F)C(F)(F)NC(N)=S. The van der Waals surface area contributed by atoms with Crippen LogP contribution in [0.25, 0.3) is 0 Å². The summed E-state index contributed by atoms with van der Waals surface area (Å²) in [5.41, 5.74) is 4.96. The van der Waals surface area contributed by atoms with E-state index in [1.165, 1.54) is 56.7 Å². The lowest BCUT2D eigenvalue weighted by Crippen LogP contribution is -2.50. The minimum Gasteiger partial charge on any atom is -0.376 e. The number of rotatable bonds is 15. The van der Waals surface area contributed by atoms with Crippen LogP contribution in [0.3, 0.4) is 0 Å². The Morgan fingerprint density at radius 2 is 1.30 bits per heavy atom. The van der Waals surface area contributed by atoms with Crippen LogP contribution >= 0.6 is 12.2 Å². The monoisotopic (exact) mass is 354 g/mol. The number of hydrogen-bond acceptors (Lipinski definition) is 1. The smallest absolute Gasteiger partial charge is 0.355 e. The fraction of sp³-hybridized carbons (Fsp3) is 0.941. The van der Waals surface area contributed by atoms with Crippen molar-refractivity contribution in [3.05, 3.63) is 0 Å². The van der Waals surface area contributed by atoms with Gasteiger partial charge in [-0.2, -0.15) is 8.78 Å². The second kappa shape index (κ2) is 13.9. The van der Waals surface area contributed by atoms with Crippen molar-refractivity contribution < 1.29 is 13.2 Å². The normalized spacial score (nSPS) is 13.0. The molecule has 23 heavy (non-hydrogen) atoms. The van der Waals surface area contributed by atoms with Crippen LogP contribution in [-0.2, 0) is 0 Å². The molecule has 0 aliphatic heterocycles. The van der Waals surface area contributed by atoms with Gasteiger partial charge < -0.3 is 11.1 Å². The van der Waals surface area contributed by atoms with Gasteiger partial charge in [0.25, 0.3) is 0 Å². The summed E-state index contributed by atoms with van der Waals surface area (Å²) in [5, 5.41) is 0.937. The molecule has 2 nitrogen and oxygen atoms in total. The number of hydrogen-bond donors (Lipinski definition) is 2. The molecule has 0 aliphatic rings. The Labute approximate surface area is 144 Å². The highest BCUT2D eigenvalue weighted by Crippen LogP contribution is 2.23. The molecule has 6 heteroatoms. The minimum atomic E-state index is -3.66. The fourth-order valence-electron chi connectivity index (χ4n) is 2.59. The van der Waals surface area contributed by atoms with E-state index in [1.54, 1.807) is 0 Å². The summed E-state index contributed by atoms with van der Waals surface area (Å²) in [6, 6.07) is -3.66. The zero-order valence-corrected chi connectivity index (χ0v) is 15.2. The molecular formula is C17H33F3N2S. The van der Waals surface area contributed by atoms with Crippen LogP contribution in [0.5, 0.6) is 0 Å². The van der Waals surface area contributed by atoms with E-state index in [9.17, 15) is 13.2 Å². The number of halogens is 3. The lowest BCUT2D eigenvalue weighted by atomic mass is 10.0. The molecule has 1 unspecified atom stereocenters. The van der Waals surface area contributed by atoms with Gasteiger partial charge in [-0.15, -0.1) is 0 Å². The maximum absolute atomic E-state index is 13.4. The molecule has 0 spiro atoms. The van der Waals surface area contributed by atoms with E-state index >= 15 is 0 Å². The van der Waals surface area contributed by atoms with Crippen molar-refractivity contribution in [2.75, 3.05) is 0 Å². The van der Waals surface area contributed by atoms with Gasteiger partial charge in [0, 0.05) is 0 Å². The molecule has 0 fully saturated rings. The zero-order chi connectivity index (χ0) is 17.6. The van der Waals surface area contributed by atoms with Crippen molar-refractivity contribution in [3.63, 3.8) is 0 Å². The van der Waals surface area contributed by atoms with E-state index in [1.807, 2.05) is 0 Å². The van der Waals surface area contributed by atoms with Crippen LogP contribution in [0.1, 0.15) is 90.4 Å². The first-order chi connectivity index (χ1) is 10.9. The molecule has 1 atom stereocenters. The molecule has 0 saturated heterocycles. The molecule has 0 aromatic rings. The quantitative estimate of drug-likeness (QED) is 0.220. The Bertz CT molecular complexity index is 302. The Balaban J connectivity index is 3.40. The summed E-state index contributed by atoms with van der Waals surface area (Å²) in [5.74, 6) is 0. The lowest BCUT2D eigenvalue weighted by molar-refractivity contribution is -0.0880. The standard InChI is InChI=1S/C17H33F3N2S/c1-2-3-4-5-6-7-8-9-10-11-12-13-14-15(18)17(19,20)22-16(21)23/h15H,2-14H2,1H3,(H3,21,22,23). The Morgan fingerprint density at radius 3 is 1.70 bits per heavy atom. The fourth-order valence-corrected chi connectivity index (χ4v) is 2.72.